The molecule has 1 aliphatic rings. The Morgan fingerprint density at radius 3 is 2.69 bits per heavy atom. The zero-order valence-electron chi connectivity index (χ0n) is 15.6. The number of amides is 1. The first-order valence-corrected chi connectivity index (χ1v) is 9.97. The summed E-state index contributed by atoms with van der Waals surface area (Å²) in [6, 6.07) is 10.9. The fraction of sp³-hybridized carbons (Fsp3) is 0.182. The molecule has 2 heterocycles. The Kier molecular flexibility index (Phi) is 5.15. The van der Waals surface area contributed by atoms with E-state index < -0.39 is 23.5 Å². The van der Waals surface area contributed by atoms with E-state index in [0.717, 1.165) is 32.7 Å². The number of hydrogen-bond acceptors (Lipinski definition) is 4. The summed E-state index contributed by atoms with van der Waals surface area (Å²) in [6.07, 6.45) is 1.98. The average Bonchev–Trinajstić information content (AvgIpc) is 2.97. The first kappa shape index (κ1) is 19.3. The van der Waals surface area contributed by atoms with Gasteiger partial charge < -0.3 is 9.64 Å². The molecule has 4 rings (SSSR count). The Bertz CT molecular complexity index is 1150. The highest BCUT2D eigenvalue weighted by Gasteiger charge is 2.28. The van der Waals surface area contributed by atoms with E-state index in [1.807, 2.05) is 24.3 Å². The van der Waals surface area contributed by atoms with E-state index in [1.165, 1.54) is 28.5 Å². The van der Waals surface area contributed by atoms with Crippen LogP contribution in [0, 0.1) is 11.6 Å². The molecule has 2 aromatic carbocycles. The number of ether oxygens (including phenoxy) is 1. The molecule has 0 spiro atoms. The lowest BCUT2D eigenvalue weighted by molar-refractivity contribution is -0.136. The van der Waals surface area contributed by atoms with Crippen LogP contribution in [0.4, 0.5) is 8.78 Å². The molecule has 0 N–H and O–H groups in total. The third-order valence-corrected chi connectivity index (χ3v) is 6.00. The monoisotopic (exact) mass is 413 g/mol. The quantitative estimate of drug-likeness (QED) is 0.581. The first-order chi connectivity index (χ1) is 14.0. The smallest absolute Gasteiger partial charge is 0.341 e. The maximum absolute atomic E-state index is 13.6. The predicted octanol–water partition coefficient (Wildman–Crippen LogP) is 4.78. The highest BCUT2D eigenvalue weighted by Crippen LogP contribution is 2.38. The topological polar surface area (TPSA) is 46.6 Å². The van der Waals surface area contributed by atoms with Crippen LogP contribution in [0.5, 0.6) is 0 Å². The van der Waals surface area contributed by atoms with E-state index in [1.54, 1.807) is 6.92 Å². The van der Waals surface area contributed by atoms with Crippen LogP contribution in [-0.2, 0) is 16.0 Å². The summed E-state index contributed by atoms with van der Waals surface area (Å²) in [7, 11) is 0. The molecule has 0 bridgehead atoms. The van der Waals surface area contributed by atoms with Gasteiger partial charge >= 0.3 is 5.97 Å². The number of esters is 1. The van der Waals surface area contributed by atoms with Crippen molar-refractivity contribution in [1.82, 2.24) is 4.90 Å². The number of hydrogen-bond donors (Lipinski definition) is 0. The second kappa shape index (κ2) is 7.75. The first-order valence-electron chi connectivity index (χ1n) is 9.15. The standard InChI is InChI=1S/C22H17F2NO3S/c1-2-28-22(27)16-12-25(21(26)13-7-8-17(23)18(24)11-13)10-9-15-14-5-3-4-6-19(14)29-20(15)16/h3-8,11-12H,2,9-10H2,1H3. The maximum Gasteiger partial charge on any atom is 0.341 e. The molecule has 0 atom stereocenters. The molecular formula is C22H17F2NO3S. The largest absolute Gasteiger partial charge is 0.462 e. The molecule has 29 heavy (non-hydrogen) atoms. The van der Waals surface area contributed by atoms with Crippen molar-refractivity contribution in [2.45, 2.75) is 13.3 Å². The average molecular weight is 413 g/mol. The second-order valence-corrected chi connectivity index (χ2v) is 7.60. The number of benzene rings is 2. The van der Waals surface area contributed by atoms with E-state index in [2.05, 4.69) is 0 Å². The highest BCUT2D eigenvalue weighted by atomic mass is 32.1. The predicted molar refractivity (Wildman–Crippen MR) is 108 cm³/mol. The minimum Gasteiger partial charge on any atom is -0.462 e. The molecule has 1 amide bonds. The minimum absolute atomic E-state index is 0.0125. The molecule has 1 aromatic heterocycles. The Labute approximate surface area is 170 Å². The molecule has 3 aromatic rings. The van der Waals surface area contributed by atoms with Crippen LogP contribution >= 0.6 is 11.3 Å². The fourth-order valence-corrected chi connectivity index (χ4v) is 4.63. The minimum atomic E-state index is -1.09. The van der Waals surface area contributed by atoms with E-state index >= 15 is 0 Å². The molecule has 1 aliphatic heterocycles. The number of rotatable bonds is 3. The molecule has 4 nitrogen and oxygen atoms in total. The van der Waals surface area contributed by atoms with Crippen LogP contribution in [-0.4, -0.2) is 29.9 Å². The molecular weight excluding hydrogens is 396 g/mol. The zero-order chi connectivity index (χ0) is 20.5. The Morgan fingerprint density at radius 1 is 1.14 bits per heavy atom. The van der Waals surface area contributed by atoms with Gasteiger partial charge in [-0.1, -0.05) is 18.2 Å². The summed E-state index contributed by atoms with van der Waals surface area (Å²) in [5, 5.41) is 1.03. The third-order valence-electron chi connectivity index (χ3n) is 4.75. The number of fused-ring (bicyclic) bond motifs is 3. The van der Waals surface area contributed by atoms with Crippen molar-refractivity contribution >= 4 is 38.9 Å². The summed E-state index contributed by atoms with van der Waals surface area (Å²) in [6.45, 7) is 2.22. The summed E-state index contributed by atoms with van der Waals surface area (Å²) in [4.78, 5) is 27.7. The Hall–Kier alpha value is -3.06. The van der Waals surface area contributed by atoms with Gasteiger partial charge in [0.1, 0.15) is 0 Å². The second-order valence-electron chi connectivity index (χ2n) is 6.55. The lowest BCUT2D eigenvalue weighted by Gasteiger charge is -2.18. The summed E-state index contributed by atoms with van der Waals surface area (Å²) in [5.74, 6) is -3.14. The number of carbonyl (C=O) groups excluding carboxylic acids is 2. The summed E-state index contributed by atoms with van der Waals surface area (Å²) in [5.41, 5.74) is 1.28. The van der Waals surface area contributed by atoms with Gasteiger partial charge in [0.05, 0.1) is 12.2 Å². The number of halogens is 2. The van der Waals surface area contributed by atoms with Gasteiger partial charge in [-0.2, -0.15) is 0 Å². The van der Waals surface area contributed by atoms with Crippen molar-refractivity contribution in [3.05, 3.63) is 76.3 Å². The van der Waals surface area contributed by atoms with Crippen LogP contribution in [0.3, 0.4) is 0 Å². The van der Waals surface area contributed by atoms with Gasteiger partial charge in [0, 0.05) is 27.9 Å². The van der Waals surface area contributed by atoms with Gasteiger partial charge in [0.15, 0.2) is 11.6 Å². The van der Waals surface area contributed by atoms with Gasteiger partial charge in [-0.25, -0.2) is 13.6 Å². The molecule has 0 saturated heterocycles. The van der Waals surface area contributed by atoms with E-state index in [9.17, 15) is 18.4 Å². The molecule has 0 aliphatic carbocycles. The van der Waals surface area contributed by atoms with Crippen LogP contribution < -0.4 is 0 Å². The number of nitrogens with zero attached hydrogens (tertiary/aromatic N) is 1. The fourth-order valence-electron chi connectivity index (χ4n) is 3.39. The van der Waals surface area contributed by atoms with Crippen molar-refractivity contribution in [2.75, 3.05) is 13.2 Å². The van der Waals surface area contributed by atoms with E-state index in [0.29, 0.717) is 13.0 Å². The van der Waals surface area contributed by atoms with Crippen molar-refractivity contribution in [2.24, 2.45) is 0 Å². The zero-order valence-corrected chi connectivity index (χ0v) is 16.4. The van der Waals surface area contributed by atoms with Crippen LogP contribution in [0.2, 0.25) is 0 Å². The maximum atomic E-state index is 13.6. The van der Waals surface area contributed by atoms with Crippen molar-refractivity contribution in [3.63, 3.8) is 0 Å². The van der Waals surface area contributed by atoms with Crippen LogP contribution in [0.15, 0.2) is 48.7 Å². The van der Waals surface area contributed by atoms with Gasteiger partial charge in [0.2, 0.25) is 0 Å². The molecule has 0 saturated carbocycles. The lowest BCUT2D eigenvalue weighted by atomic mass is 10.0. The lowest BCUT2D eigenvalue weighted by Crippen LogP contribution is -2.28. The molecule has 148 valence electrons. The van der Waals surface area contributed by atoms with E-state index in [4.69, 9.17) is 4.74 Å². The number of thiophene rings is 1. The SMILES string of the molecule is CCOC(=O)C1=CN(C(=O)c2ccc(F)c(F)c2)CCc2c1sc1ccccc21. The summed E-state index contributed by atoms with van der Waals surface area (Å²) < 4.78 is 33.1. The van der Waals surface area contributed by atoms with E-state index in [-0.39, 0.29) is 17.7 Å². The van der Waals surface area contributed by atoms with Gasteiger partial charge in [-0.05, 0) is 48.6 Å². The molecule has 7 heteroatoms. The molecule has 0 unspecified atom stereocenters. The van der Waals surface area contributed by atoms with Crippen molar-refractivity contribution in [1.29, 1.82) is 0 Å². The summed E-state index contributed by atoms with van der Waals surface area (Å²) >= 11 is 1.47. The van der Waals surface area contributed by atoms with Crippen LogP contribution in [0.25, 0.3) is 15.7 Å². The highest BCUT2D eigenvalue weighted by molar-refractivity contribution is 7.20. The Balaban J connectivity index is 1.79. The normalized spacial score (nSPS) is 13.6. The molecule has 0 radical (unpaired) electrons. The van der Waals surface area contributed by atoms with Gasteiger partial charge in [0.25, 0.3) is 5.91 Å². The molecule has 0 fully saturated rings. The van der Waals surface area contributed by atoms with Crippen molar-refractivity contribution < 1.29 is 23.1 Å². The number of carbonyl (C=O) groups is 2. The van der Waals surface area contributed by atoms with Gasteiger partial charge in [-0.3, -0.25) is 4.79 Å². The third kappa shape index (κ3) is 3.53. The van der Waals surface area contributed by atoms with Crippen LogP contribution in [0.1, 0.15) is 27.7 Å². The Morgan fingerprint density at radius 2 is 1.93 bits per heavy atom. The van der Waals surface area contributed by atoms with Gasteiger partial charge in [-0.15, -0.1) is 11.3 Å². The van der Waals surface area contributed by atoms with Crippen molar-refractivity contribution in [3.8, 4) is 0 Å².